The maximum Gasteiger partial charge on any atom is 0.289 e. The molecule has 0 saturated carbocycles. The Kier molecular flexibility index (Phi) is 5.10. The third kappa shape index (κ3) is 3.86. The highest BCUT2D eigenvalue weighted by Crippen LogP contribution is 2.31. The Morgan fingerprint density at radius 2 is 2.08 bits per heavy atom. The first-order valence-corrected chi connectivity index (χ1v) is 8.24. The van der Waals surface area contributed by atoms with Crippen LogP contribution in [0.25, 0.3) is 11.3 Å². The fourth-order valence-corrected chi connectivity index (χ4v) is 2.75. The lowest BCUT2D eigenvalue weighted by atomic mass is 10.1. The Hall–Kier alpha value is -3.13. The summed E-state index contributed by atoms with van der Waals surface area (Å²) in [5, 5.41) is 12.7. The molecule has 2 heterocycles. The first-order valence-electron chi connectivity index (χ1n) is 7.36. The molecule has 1 amide bonds. The second-order valence-electron chi connectivity index (χ2n) is 4.95. The summed E-state index contributed by atoms with van der Waals surface area (Å²) >= 11 is 1.54. The van der Waals surface area contributed by atoms with Gasteiger partial charge in [-0.05, 0) is 35.7 Å². The minimum absolute atomic E-state index is 0.313. The molecule has 0 aliphatic carbocycles. The third-order valence-electron chi connectivity index (χ3n) is 3.40. The largest absolute Gasteiger partial charge is 0.493 e. The SMILES string of the molecule is COc1ccc(-c2cc(C(=O)N/N=C\c3cccs3)[nH]n2)cc1OC. The summed E-state index contributed by atoms with van der Waals surface area (Å²) in [6.45, 7) is 0. The van der Waals surface area contributed by atoms with Gasteiger partial charge < -0.3 is 9.47 Å². The van der Waals surface area contributed by atoms with Crippen LogP contribution >= 0.6 is 11.3 Å². The smallest absolute Gasteiger partial charge is 0.289 e. The number of thiophene rings is 1. The van der Waals surface area contributed by atoms with E-state index in [1.165, 1.54) is 11.3 Å². The molecule has 0 radical (unpaired) electrons. The molecule has 0 fully saturated rings. The number of nitrogens with zero attached hydrogens (tertiary/aromatic N) is 2. The highest BCUT2D eigenvalue weighted by molar-refractivity contribution is 7.11. The Morgan fingerprint density at radius 3 is 2.80 bits per heavy atom. The van der Waals surface area contributed by atoms with Crippen molar-refractivity contribution in [1.82, 2.24) is 15.6 Å². The van der Waals surface area contributed by atoms with Crippen LogP contribution in [0, 0.1) is 0 Å². The molecule has 0 atom stereocenters. The molecule has 3 aromatic rings. The number of hydrogen-bond acceptors (Lipinski definition) is 6. The molecule has 7 nitrogen and oxygen atoms in total. The molecule has 0 unspecified atom stereocenters. The zero-order valence-corrected chi connectivity index (χ0v) is 14.5. The molecule has 0 aliphatic rings. The molecule has 1 aromatic carbocycles. The molecule has 8 heteroatoms. The highest BCUT2D eigenvalue weighted by atomic mass is 32.1. The maximum absolute atomic E-state index is 12.1. The molecule has 25 heavy (non-hydrogen) atoms. The number of ether oxygens (including phenoxy) is 2. The number of carbonyl (C=O) groups is 1. The maximum atomic E-state index is 12.1. The zero-order valence-electron chi connectivity index (χ0n) is 13.6. The molecule has 3 rings (SSSR count). The van der Waals surface area contributed by atoms with Crippen LogP contribution in [0.3, 0.4) is 0 Å². The number of benzene rings is 1. The monoisotopic (exact) mass is 356 g/mol. The first kappa shape index (κ1) is 16.7. The van der Waals surface area contributed by atoms with Crippen molar-refractivity contribution < 1.29 is 14.3 Å². The van der Waals surface area contributed by atoms with Crippen molar-refractivity contribution in [2.75, 3.05) is 14.2 Å². The van der Waals surface area contributed by atoms with Gasteiger partial charge in [-0.2, -0.15) is 10.2 Å². The number of aromatic amines is 1. The van der Waals surface area contributed by atoms with E-state index in [0.717, 1.165) is 10.4 Å². The van der Waals surface area contributed by atoms with Gasteiger partial charge >= 0.3 is 0 Å². The van der Waals surface area contributed by atoms with Crippen LogP contribution < -0.4 is 14.9 Å². The van der Waals surface area contributed by atoms with E-state index >= 15 is 0 Å². The van der Waals surface area contributed by atoms with E-state index in [-0.39, 0.29) is 5.91 Å². The fourth-order valence-electron chi connectivity index (χ4n) is 2.16. The van der Waals surface area contributed by atoms with Gasteiger partial charge in [0, 0.05) is 10.4 Å². The first-order chi connectivity index (χ1) is 12.2. The number of carbonyl (C=O) groups excluding carboxylic acids is 1. The van der Waals surface area contributed by atoms with E-state index in [0.29, 0.717) is 22.9 Å². The molecule has 2 N–H and O–H groups in total. The van der Waals surface area contributed by atoms with Gasteiger partial charge in [0.05, 0.1) is 26.1 Å². The van der Waals surface area contributed by atoms with Crippen LogP contribution in [0.15, 0.2) is 46.9 Å². The van der Waals surface area contributed by atoms with E-state index < -0.39 is 0 Å². The number of aromatic nitrogens is 2. The average molecular weight is 356 g/mol. The summed E-state index contributed by atoms with van der Waals surface area (Å²) in [5.74, 6) is 0.851. The lowest BCUT2D eigenvalue weighted by Crippen LogP contribution is -2.17. The summed E-state index contributed by atoms with van der Waals surface area (Å²) in [4.78, 5) is 13.1. The minimum Gasteiger partial charge on any atom is -0.493 e. The molecule has 128 valence electrons. The predicted molar refractivity (Wildman–Crippen MR) is 96.5 cm³/mol. The molecule has 2 aromatic heterocycles. The van der Waals surface area contributed by atoms with Crippen molar-refractivity contribution in [3.8, 4) is 22.8 Å². The predicted octanol–water partition coefficient (Wildman–Crippen LogP) is 2.92. The third-order valence-corrected chi connectivity index (χ3v) is 4.21. The quantitative estimate of drug-likeness (QED) is 0.525. The Balaban J connectivity index is 1.72. The van der Waals surface area contributed by atoms with E-state index in [1.54, 1.807) is 38.6 Å². The standard InChI is InChI=1S/C17H16N4O3S/c1-23-15-6-5-11(8-16(15)24-2)13-9-14(20-19-13)17(22)21-18-10-12-4-3-7-25-12/h3-10H,1-2H3,(H,19,20)(H,21,22)/b18-10-. The van der Waals surface area contributed by atoms with Crippen LogP contribution in [-0.2, 0) is 0 Å². The van der Waals surface area contributed by atoms with Gasteiger partial charge in [-0.15, -0.1) is 11.3 Å². The summed E-state index contributed by atoms with van der Waals surface area (Å²) in [5.41, 5.74) is 4.20. The average Bonchev–Trinajstić information content (AvgIpc) is 3.33. The van der Waals surface area contributed by atoms with Gasteiger partial charge in [0.1, 0.15) is 5.69 Å². The minimum atomic E-state index is -0.368. The number of amides is 1. The number of hydrogen-bond donors (Lipinski definition) is 2. The zero-order chi connectivity index (χ0) is 17.6. The van der Waals surface area contributed by atoms with Crippen molar-refractivity contribution >= 4 is 23.5 Å². The molecule has 0 spiro atoms. The summed E-state index contributed by atoms with van der Waals surface area (Å²) < 4.78 is 10.5. The highest BCUT2D eigenvalue weighted by Gasteiger charge is 2.12. The van der Waals surface area contributed by atoms with Crippen molar-refractivity contribution in [1.29, 1.82) is 0 Å². The van der Waals surface area contributed by atoms with Gasteiger partial charge in [-0.3, -0.25) is 9.89 Å². The van der Waals surface area contributed by atoms with Crippen molar-refractivity contribution in [2.24, 2.45) is 5.10 Å². The topological polar surface area (TPSA) is 88.6 Å². The van der Waals surface area contributed by atoms with E-state index in [9.17, 15) is 4.79 Å². The van der Waals surface area contributed by atoms with E-state index in [1.807, 2.05) is 23.6 Å². The summed E-state index contributed by atoms with van der Waals surface area (Å²) in [6, 6.07) is 10.9. The van der Waals surface area contributed by atoms with Crippen LogP contribution in [0.1, 0.15) is 15.4 Å². The van der Waals surface area contributed by atoms with Crippen molar-refractivity contribution in [3.05, 3.63) is 52.3 Å². The van der Waals surface area contributed by atoms with Crippen LogP contribution in [0.5, 0.6) is 11.5 Å². The number of nitrogens with one attached hydrogen (secondary N) is 2. The van der Waals surface area contributed by atoms with Gasteiger partial charge in [-0.1, -0.05) is 6.07 Å². The summed E-state index contributed by atoms with van der Waals surface area (Å²) in [7, 11) is 3.14. The fraction of sp³-hybridized carbons (Fsp3) is 0.118. The van der Waals surface area contributed by atoms with E-state index in [2.05, 4.69) is 20.7 Å². The number of hydrazone groups is 1. The Morgan fingerprint density at radius 1 is 1.24 bits per heavy atom. The Bertz CT molecular complexity index is 887. The van der Waals surface area contributed by atoms with Gasteiger partial charge in [0.2, 0.25) is 0 Å². The molecule has 0 bridgehead atoms. The second kappa shape index (κ2) is 7.63. The second-order valence-corrected chi connectivity index (χ2v) is 5.93. The van der Waals surface area contributed by atoms with E-state index in [4.69, 9.17) is 9.47 Å². The molecule has 0 aliphatic heterocycles. The van der Waals surface area contributed by atoms with Gasteiger partial charge in [0.15, 0.2) is 11.5 Å². The number of H-pyrrole nitrogens is 1. The normalized spacial score (nSPS) is 10.8. The van der Waals surface area contributed by atoms with Crippen LogP contribution in [-0.4, -0.2) is 36.5 Å². The number of rotatable bonds is 6. The lowest BCUT2D eigenvalue weighted by Gasteiger charge is -2.08. The summed E-state index contributed by atoms with van der Waals surface area (Å²) in [6.07, 6.45) is 1.59. The molecular weight excluding hydrogens is 340 g/mol. The number of methoxy groups -OCH3 is 2. The van der Waals surface area contributed by atoms with Crippen LogP contribution in [0.4, 0.5) is 0 Å². The van der Waals surface area contributed by atoms with Gasteiger partial charge in [0.25, 0.3) is 5.91 Å². The van der Waals surface area contributed by atoms with Gasteiger partial charge in [-0.25, -0.2) is 5.43 Å². The van der Waals surface area contributed by atoms with Crippen molar-refractivity contribution in [2.45, 2.75) is 0 Å². The lowest BCUT2D eigenvalue weighted by molar-refractivity contribution is 0.0950. The molecular formula is C17H16N4O3S. The van der Waals surface area contributed by atoms with Crippen LogP contribution in [0.2, 0.25) is 0 Å². The Labute approximate surface area is 148 Å². The molecule has 0 saturated heterocycles. The van der Waals surface area contributed by atoms with Crippen molar-refractivity contribution in [3.63, 3.8) is 0 Å².